The summed E-state index contributed by atoms with van der Waals surface area (Å²) in [5.41, 5.74) is 6.97. The third-order valence-electron chi connectivity index (χ3n) is 3.75. The van der Waals surface area contributed by atoms with Crippen LogP contribution in [0.1, 0.15) is 6.42 Å². The molecule has 0 aliphatic carbocycles. The monoisotopic (exact) mass is 292 g/mol. The number of anilines is 2. The number of hydrogen-bond donors (Lipinski definition) is 2. The van der Waals surface area contributed by atoms with E-state index in [1.165, 1.54) is 0 Å². The summed E-state index contributed by atoms with van der Waals surface area (Å²) in [6.07, 6.45) is 0.483. The first-order chi connectivity index (χ1) is 10.1. The van der Waals surface area contributed by atoms with E-state index in [-0.39, 0.29) is 5.91 Å². The van der Waals surface area contributed by atoms with Crippen molar-refractivity contribution in [3.8, 4) is 5.75 Å². The van der Waals surface area contributed by atoms with Crippen LogP contribution in [0.25, 0.3) is 0 Å². The number of nitrogen functional groups attached to an aromatic ring is 1. The lowest BCUT2D eigenvalue weighted by Gasteiger charge is -2.32. The van der Waals surface area contributed by atoms with Crippen LogP contribution in [-0.2, 0) is 4.79 Å². The zero-order valence-electron chi connectivity index (χ0n) is 12.8. The molecule has 1 aliphatic rings. The number of likely N-dealkylation sites (N-methyl/N-ethyl adjacent to an activating group) is 1. The van der Waals surface area contributed by atoms with E-state index in [4.69, 9.17) is 10.5 Å². The molecule has 2 rings (SSSR count). The second-order valence-corrected chi connectivity index (χ2v) is 5.40. The molecule has 1 aromatic carbocycles. The summed E-state index contributed by atoms with van der Waals surface area (Å²) < 4.78 is 5.22. The van der Waals surface area contributed by atoms with Gasteiger partial charge in [-0.05, 0) is 19.2 Å². The van der Waals surface area contributed by atoms with Crippen LogP contribution < -0.4 is 15.8 Å². The normalized spacial score (nSPS) is 16.7. The largest absolute Gasteiger partial charge is 0.494 e. The highest BCUT2D eigenvalue weighted by atomic mass is 16.5. The van der Waals surface area contributed by atoms with Crippen molar-refractivity contribution >= 4 is 17.3 Å². The number of piperazine rings is 1. The molecular weight excluding hydrogens is 268 g/mol. The molecule has 3 N–H and O–H groups in total. The zero-order chi connectivity index (χ0) is 15.2. The number of rotatable bonds is 5. The van der Waals surface area contributed by atoms with Crippen molar-refractivity contribution in [3.63, 3.8) is 0 Å². The molecule has 0 saturated carbocycles. The molecule has 116 valence electrons. The maximum absolute atomic E-state index is 12.0. The summed E-state index contributed by atoms with van der Waals surface area (Å²) in [5.74, 6) is 0.583. The molecule has 1 saturated heterocycles. The summed E-state index contributed by atoms with van der Waals surface area (Å²) in [6.45, 7) is 4.96. The van der Waals surface area contributed by atoms with Crippen LogP contribution in [0, 0.1) is 0 Å². The third kappa shape index (κ3) is 4.61. The smallest absolute Gasteiger partial charge is 0.225 e. The molecule has 1 aromatic rings. The summed E-state index contributed by atoms with van der Waals surface area (Å²) in [6, 6.07) is 5.22. The maximum Gasteiger partial charge on any atom is 0.225 e. The lowest BCUT2D eigenvalue weighted by atomic mass is 10.2. The highest BCUT2D eigenvalue weighted by Crippen LogP contribution is 2.26. The first-order valence-electron chi connectivity index (χ1n) is 7.23. The van der Waals surface area contributed by atoms with Gasteiger partial charge in [0.05, 0.1) is 12.8 Å². The molecular formula is C15H24N4O2. The van der Waals surface area contributed by atoms with Crippen LogP contribution in [0.2, 0.25) is 0 Å². The van der Waals surface area contributed by atoms with E-state index in [1.807, 2.05) is 0 Å². The highest BCUT2D eigenvalue weighted by Gasteiger charge is 2.15. The molecule has 0 radical (unpaired) electrons. The molecule has 0 spiro atoms. The van der Waals surface area contributed by atoms with Crippen LogP contribution in [-0.4, -0.2) is 62.6 Å². The van der Waals surface area contributed by atoms with Crippen molar-refractivity contribution in [2.45, 2.75) is 6.42 Å². The minimum absolute atomic E-state index is 0.00278. The Hall–Kier alpha value is -1.79. The van der Waals surface area contributed by atoms with Crippen LogP contribution >= 0.6 is 0 Å². The molecule has 1 fully saturated rings. The Morgan fingerprint density at radius 2 is 2.05 bits per heavy atom. The lowest BCUT2D eigenvalue weighted by molar-refractivity contribution is -0.116. The number of benzene rings is 1. The average Bonchev–Trinajstić information content (AvgIpc) is 2.48. The second-order valence-electron chi connectivity index (χ2n) is 5.40. The van der Waals surface area contributed by atoms with E-state index < -0.39 is 0 Å². The fraction of sp³-hybridized carbons (Fsp3) is 0.533. The number of carbonyl (C=O) groups excluding carboxylic acids is 1. The Bertz CT molecular complexity index is 485. The van der Waals surface area contributed by atoms with E-state index in [2.05, 4.69) is 22.2 Å². The summed E-state index contributed by atoms with van der Waals surface area (Å²) in [5, 5.41) is 2.88. The minimum atomic E-state index is -0.00278. The van der Waals surface area contributed by atoms with E-state index in [9.17, 15) is 4.79 Å². The van der Waals surface area contributed by atoms with Gasteiger partial charge in [0.2, 0.25) is 5.91 Å². The van der Waals surface area contributed by atoms with Gasteiger partial charge >= 0.3 is 0 Å². The third-order valence-corrected chi connectivity index (χ3v) is 3.75. The molecule has 0 bridgehead atoms. The van der Waals surface area contributed by atoms with Gasteiger partial charge in [0.15, 0.2) is 0 Å². The van der Waals surface area contributed by atoms with Crippen LogP contribution in [0.15, 0.2) is 18.2 Å². The number of nitrogens with one attached hydrogen (secondary N) is 1. The molecule has 0 atom stereocenters. The predicted molar refractivity (Wildman–Crippen MR) is 84.6 cm³/mol. The summed E-state index contributed by atoms with van der Waals surface area (Å²) >= 11 is 0. The van der Waals surface area contributed by atoms with Crippen LogP contribution in [0.5, 0.6) is 5.75 Å². The maximum atomic E-state index is 12.0. The van der Waals surface area contributed by atoms with Gasteiger partial charge in [-0.25, -0.2) is 0 Å². The fourth-order valence-corrected chi connectivity index (χ4v) is 2.35. The Balaban J connectivity index is 1.82. The number of nitrogens with zero attached hydrogens (tertiary/aromatic N) is 2. The highest BCUT2D eigenvalue weighted by molar-refractivity contribution is 5.92. The molecule has 6 heteroatoms. The van der Waals surface area contributed by atoms with Gasteiger partial charge in [-0.15, -0.1) is 0 Å². The first kappa shape index (κ1) is 15.6. The molecule has 21 heavy (non-hydrogen) atoms. The quantitative estimate of drug-likeness (QED) is 0.788. The Morgan fingerprint density at radius 1 is 1.33 bits per heavy atom. The lowest BCUT2D eigenvalue weighted by Crippen LogP contribution is -2.45. The molecule has 1 heterocycles. The molecule has 0 unspecified atom stereocenters. The predicted octanol–water partition coefficient (Wildman–Crippen LogP) is 0.853. The molecule has 1 amide bonds. The van der Waals surface area contributed by atoms with E-state index in [1.54, 1.807) is 25.3 Å². The number of ether oxygens (including phenoxy) is 1. The molecule has 6 nitrogen and oxygen atoms in total. The number of methoxy groups -OCH3 is 1. The van der Waals surface area contributed by atoms with Crippen LogP contribution in [0.3, 0.4) is 0 Å². The zero-order valence-corrected chi connectivity index (χ0v) is 12.8. The van der Waals surface area contributed by atoms with Crippen molar-refractivity contribution in [3.05, 3.63) is 18.2 Å². The summed E-state index contributed by atoms with van der Waals surface area (Å²) in [4.78, 5) is 16.7. The Morgan fingerprint density at radius 3 is 2.71 bits per heavy atom. The SMILES string of the molecule is COc1cc(N)ccc1NC(=O)CCN1CCN(C)CC1. The summed E-state index contributed by atoms with van der Waals surface area (Å²) in [7, 11) is 3.69. The molecule has 1 aliphatic heterocycles. The van der Waals surface area contributed by atoms with E-state index in [0.29, 0.717) is 23.5 Å². The molecule has 0 aromatic heterocycles. The van der Waals surface area contributed by atoms with Gasteiger partial charge < -0.3 is 25.6 Å². The van der Waals surface area contributed by atoms with Gasteiger partial charge in [0, 0.05) is 50.9 Å². The van der Waals surface area contributed by atoms with Gasteiger partial charge in [-0.1, -0.05) is 0 Å². The van der Waals surface area contributed by atoms with Crippen LogP contribution in [0.4, 0.5) is 11.4 Å². The van der Waals surface area contributed by atoms with Crippen molar-refractivity contribution in [2.75, 3.05) is 57.9 Å². The number of hydrogen-bond acceptors (Lipinski definition) is 5. The van der Waals surface area contributed by atoms with E-state index >= 15 is 0 Å². The first-order valence-corrected chi connectivity index (χ1v) is 7.23. The van der Waals surface area contributed by atoms with Crippen molar-refractivity contribution in [1.29, 1.82) is 0 Å². The van der Waals surface area contributed by atoms with Gasteiger partial charge in [0.1, 0.15) is 5.75 Å². The average molecular weight is 292 g/mol. The Kier molecular flexibility index (Phi) is 5.41. The van der Waals surface area contributed by atoms with Gasteiger partial charge in [-0.3, -0.25) is 4.79 Å². The number of carbonyl (C=O) groups is 1. The second kappa shape index (κ2) is 7.28. The fourth-order valence-electron chi connectivity index (χ4n) is 2.35. The number of amides is 1. The minimum Gasteiger partial charge on any atom is -0.494 e. The number of nitrogens with two attached hydrogens (primary N) is 1. The van der Waals surface area contributed by atoms with Gasteiger partial charge in [0.25, 0.3) is 0 Å². The standard InChI is InChI=1S/C15H24N4O2/c1-18-7-9-19(10-8-18)6-5-15(20)17-13-4-3-12(16)11-14(13)21-2/h3-4,11H,5-10,16H2,1-2H3,(H,17,20). The topological polar surface area (TPSA) is 70.8 Å². The Labute approximate surface area is 125 Å². The van der Waals surface area contributed by atoms with Crippen molar-refractivity contribution < 1.29 is 9.53 Å². The van der Waals surface area contributed by atoms with Crippen molar-refractivity contribution in [2.24, 2.45) is 0 Å². The van der Waals surface area contributed by atoms with E-state index in [0.717, 1.165) is 32.7 Å². The van der Waals surface area contributed by atoms with Crippen molar-refractivity contribution in [1.82, 2.24) is 9.80 Å². The van der Waals surface area contributed by atoms with Gasteiger partial charge in [-0.2, -0.15) is 0 Å².